The number of amides is 1. The summed E-state index contributed by atoms with van der Waals surface area (Å²) in [5, 5.41) is 9.87. The molecule has 1 aromatic carbocycles. The third-order valence-corrected chi connectivity index (χ3v) is 8.07. The van der Waals surface area contributed by atoms with Crippen molar-refractivity contribution in [1.29, 1.82) is 0 Å². The van der Waals surface area contributed by atoms with Crippen LogP contribution in [0.25, 0.3) is 33.3 Å². The Morgan fingerprint density at radius 2 is 1.95 bits per heavy atom. The van der Waals surface area contributed by atoms with Crippen molar-refractivity contribution in [3.05, 3.63) is 73.6 Å². The number of carbonyl (C=O) groups is 1. The van der Waals surface area contributed by atoms with Crippen molar-refractivity contribution in [2.75, 3.05) is 0 Å². The zero-order valence-electron chi connectivity index (χ0n) is 21.7. The predicted molar refractivity (Wildman–Crippen MR) is 149 cm³/mol. The average molecular weight is 546 g/mol. The number of nitrogens with zero attached hydrogens (tertiary/aromatic N) is 5. The summed E-state index contributed by atoms with van der Waals surface area (Å²) in [4.78, 5) is 43.0. The normalized spacial score (nSPS) is 15.5. The first-order valence-electron chi connectivity index (χ1n) is 13.2. The third kappa shape index (κ3) is 4.10. The first-order valence-corrected chi connectivity index (χ1v) is 13.6. The highest BCUT2D eigenvalue weighted by molar-refractivity contribution is 6.31. The molecular weight excluding hydrogens is 518 g/mol. The van der Waals surface area contributed by atoms with Gasteiger partial charge in [0, 0.05) is 55.0 Å². The summed E-state index contributed by atoms with van der Waals surface area (Å²) in [6, 6.07) is 7.68. The van der Waals surface area contributed by atoms with Crippen molar-refractivity contribution in [1.82, 2.24) is 33.8 Å². The summed E-state index contributed by atoms with van der Waals surface area (Å²) in [6.07, 6.45) is 7.77. The van der Waals surface area contributed by atoms with Crippen LogP contribution in [0.4, 0.5) is 0 Å². The highest BCUT2D eigenvalue weighted by Crippen LogP contribution is 2.33. The Morgan fingerprint density at radius 1 is 1.15 bits per heavy atom. The Kier molecular flexibility index (Phi) is 5.38. The number of aromatic amines is 1. The number of carbonyl (C=O) groups excluding carboxylic acids is 1. The maximum absolute atomic E-state index is 13.7. The van der Waals surface area contributed by atoms with Crippen LogP contribution in [0.15, 0.2) is 46.2 Å². The second-order valence-electron chi connectivity index (χ2n) is 10.9. The molecule has 4 heterocycles. The topological polar surface area (TPSA) is 112 Å². The summed E-state index contributed by atoms with van der Waals surface area (Å²) in [6.45, 7) is 0.852. The van der Waals surface area contributed by atoms with Crippen molar-refractivity contribution >= 4 is 39.4 Å². The van der Waals surface area contributed by atoms with E-state index in [1.807, 2.05) is 36.0 Å². The van der Waals surface area contributed by atoms with Gasteiger partial charge in [-0.15, -0.1) is 0 Å². The lowest BCUT2D eigenvalue weighted by molar-refractivity contribution is 0.0951. The Labute approximate surface area is 227 Å². The first kappa shape index (κ1) is 24.0. The van der Waals surface area contributed by atoms with Crippen molar-refractivity contribution in [3.8, 4) is 11.4 Å². The molecule has 2 saturated carbocycles. The summed E-state index contributed by atoms with van der Waals surface area (Å²) < 4.78 is 6.41. The molecule has 2 aliphatic carbocycles. The van der Waals surface area contributed by atoms with E-state index in [-0.39, 0.29) is 17.6 Å². The molecule has 0 unspecified atom stereocenters. The van der Waals surface area contributed by atoms with Gasteiger partial charge in [-0.1, -0.05) is 11.6 Å². The van der Waals surface area contributed by atoms with Gasteiger partial charge in [0.05, 0.1) is 17.8 Å². The molecule has 0 aliphatic heterocycles. The van der Waals surface area contributed by atoms with Gasteiger partial charge in [0.25, 0.3) is 11.5 Å². The molecule has 0 radical (unpaired) electrons. The molecule has 5 aromatic rings. The fourth-order valence-corrected chi connectivity index (χ4v) is 5.49. The molecule has 1 amide bonds. The molecule has 10 nitrogen and oxygen atoms in total. The number of halogens is 1. The van der Waals surface area contributed by atoms with Gasteiger partial charge >= 0.3 is 5.69 Å². The number of fused-ring (bicyclic) bond motifs is 2. The molecule has 39 heavy (non-hydrogen) atoms. The van der Waals surface area contributed by atoms with Crippen LogP contribution in [0, 0.1) is 5.92 Å². The zero-order valence-corrected chi connectivity index (χ0v) is 22.5. The minimum Gasteiger partial charge on any atom is -0.361 e. The van der Waals surface area contributed by atoms with E-state index in [4.69, 9.17) is 16.7 Å². The van der Waals surface area contributed by atoms with Gasteiger partial charge in [0.15, 0.2) is 5.65 Å². The number of nitrogens with one attached hydrogen (secondary N) is 2. The molecule has 2 fully saturated rings. The van der Waals surface area contributed by atoms with Crippen LogP contribution in [0.1, 0.15) is 41.6 Å². The summed E-state index contributed by atoms with van der Waals surface area (Å²) in [7, 11) is 3.36. The lowest BCUT2D eigenvalue weighted by atomic mass is 10.1. The van der Waals surface area contributed by atoms with E-state index in [9.17, 15) is 14.4 Å². The van der Waals surface area contributed by atoms with Crippen molar-refractivity contribution < 1.29 is 4.79 Å². The Morgan fingerprint density at radius 3 is 2.69 bits per heavy atom. The van der Waals surface area contributed by atoms with Crippen LogP contribution in [0.2, 0.25) is 5.02 Å². The molecule has 2 N–H and O–H groups in total. The molecule has 2 aliphatic rings. The van der Waals surface area contributed by atoms with E-state index in [1.54, 1.807) is 21.5 Å². The van der Waals surface area contributed by atoms with E-state index >= 15 is 0 Å². The molecule has 0 bridgehead atoms. The second kappa shape index (κ2) is 8.74. The van der Waals surface area contributed by atoms with Crippen LogP contribution in [0.3, 0.4) is 0 Å². The number of rotatable bonds is 7. The molecule has 200 valence electrons. The van der Waals surface area contributed by atoms with Crippen LogP contribution in [0.5, 0.6) is 0 Å². The monoisotopic (exact) mass is 545 g/mol. The van der Waals surface area contributed by atoms with E-state index < -0.39 is 5.56 Å². The third-order valence-electron chi connectivity index (χ3n) is 7.84. The number of aryl methyl sites for hydroxylation is 1. The Balaban J connectivity index is 1.46. The van der Waals surface area contributed by atoms with Crippen molar-refractivity contribution in [2.45, 2.75) is 44.8 Å². The molecule has 0 spiro atoms. The molecular formula is C28H28ClN7O3. The smallest absolute Gasteiger partial charge is 0.332 e. The van der Waals surface area contributed by atoms with E-state index in [1.165, 1.54) is 7.05 Å². The van der Waals surface area contributed by atoms with Crippen molar-refractivity contribution in [3.63, 3.8) is 0 Å². The molecule has 0 saturated heterocycles. The van der Waals surface area contributed by atoms with Gasteiger partial charge in [-0.3, -0.25) is 23.4 Å². The standard InChI is InChI=1S/C28H28ClN7O3/c1-33-13-16(26(37)31-19-6-7-19)9-22(33)24-23-25(35(12-15-3-4-15)28(39)34(2)27(23)38)32-36(24)14-17-11-30-21-8-5-18(29)10-20(17)21/h5,8-11,13,15,19,30H,3-4,6-7,12,14H2,1-2H3,(H,31,37). The highest BCUT2D eigenvalue weighted by Gasteiger charge is 2.29. The maximum Gasteiger partial charge on any atom is 0.332 e. The van der Waals surface area contributed by atoms with E-state index in [0.717, 1.165) is 46.7 Å². The number of aromatic nitrogens is 6. The highest BCUT2D eigenvalue weighted by atomic mass is 35.5. The number of hydrogen-bond acceptors (Lipinski definition) is 4. The van der Waals surface area contributed by atoms with Crippen LogP contribution < -0.4 is 16.6 Å². The average Bonchev–Trinajstić information content (AvgIpc) is 3.81. The van der Waals surface area contributed by atoms with Gasteiger partial charge in [-0.05, 0) is 61.4 Å². The molecule has 4 aromatic heterocycles. The predicted octanol–water partition coefficient (Wildman–Crippen LogP) is 3.39. The quantitative estimate of drug-likeness (QED) is 0.326. The van der Waals surface area contributed by atoms with Crippen LogP contribution >= 0.6 is 11.6 Å². The van der Waals surface area contributed by atoms with E-state index in [0.29, 0.717) is 52.0 Å². The first-order chi connectivity index (χ1) is 18.8. The Hall–Kier alpha value is -4.05. The molecule has 0 atom stereocenters. The minimum absolute atomic E-state index is 0.139. The van der Waals surface area contributed by atoms with E-state index in [2.05, 4.69) is 10.3 Å². The van der Waals surface area contributed by atoms with Gasteiger partial charge in [0.2, 0.25) is 0 Å². The lowest BCUT2D eigenvalue weighted by Crippen LogP contribution is -2.38. The zero-order chi connectivity index (χ0) is 27.0. The van der Waals surface area contributed by atoms with Gasteiger partial charge < -0.3 is 14.9 Å². The fraction of sp³-hybridized carbons (Fsp3) is 0.357. The fourth-order valence-electron chi connectivity index (χ4n) is 5.32. The number of H-pyrrole nitrogens is 1. The van der Waals surface area contributed by atoms with Gasteiger partial charge in [0.1, 0.15) is 11.1 Å². The Bertz CT molecular complexity index is 1910. The van der Waals surface area contributed by atoms with Crippen molar-refractivity contribution in [2.24, 2.45) is 20.0 Å². The van der Waals surface area contributed by atoms with Crippen LogP contribution in [-0.4, -0.2) is 40.4 Å². The van der Waals surface area contributed by atoms with Gasteiger partial charge in [-0.2, -0.15) is 5.10 Å². The summed E-state index contributed by atoms with van der Waals surface area (Å²) >= 11 is 6.31. The molecule has 7 rings (SSSR count). The summed E-state index contributed by atoms with van der Waals surface area (Å²) in [5.74, 6) is 0.264. The SMILES string of the molecule is Cn1cc(C(=O)NC2CC2)cc1-c1c2c(=O)n(C)c(=O)n(CC3CC3)c2nn1Cc1c[nH]c2ccc(Cl)cc12. The number of benzene rings is 1. The second-order valence-corrected chi connectivity index (χ2v) is 11.3. The minimum atomic E-state index is -0.407. The summed E-state index contributed by atoms with van der Waals surface area (Å²) in [5.41, 5.74) is 3.23. The maximum atomic E-state index is 13.7. The largest absolute Gasteiger partial charge is 0.361 e. The van der Waals surface area contributed by atoms with Crippen LogP contribution in [-0.2, 0) is 27.2 Å². The van der Waals surface area contributed by atoms with Gasteiger partial charge in [-0.25, -0.2) is 4.79 Å². The molecule has 11 heteroatoms. The lowest BCUT2D eigenvalue weighted by Gasteiger charge is -2.09. The number of hydrogen-bond donors (Lipinski definition) is 2.